The molecule has 0 aliphatic carbocycles. The van der Waals surface area contributed by atoms with Gasteiger partial charge in [0.05, 0.1) is 7.11 Å². The minimum Gasteiger partial charge on any atom is -0.496 e. The molecule has 1 atom stereocenters. The molecule has 0 aliphatic rings. The highest BCUT2D eigenvalue weighted by Crippen LogP contribution is 2.24. The number of rotatable bonds is 10. The Balaban J connectivity index is 2.61. The van der Waals surface area contributed by atoms with E-state index in [0.29, 0.717) is 6.04 Å². The lowest BCUT2D eigenvalue weighted by Gasteiger charge is -2.19. The van der Waals surface area contributed by atoms with Crippen molar-refractivity contribution in [3.05, 3.63) is 28.2 Å². The largest absolute Gasteiger partial charge is 0.496 e. The molecule has 0 bridgehead atoms. The molecular formula is C16H26BrNO2. The van der Waals surface area contributed by atoms with E-state index in [0.717, 1.165) is 49.2 Å². The average molecular weight is 344 g/mol. The van der Waals surface area contributed by atoms with E-state index < -0.39 is 0 Å². The zero-order chi connectivity index (χ0) is 14.8. The number of nitrogens with one attached hydrogen (secondary N) is 1. The number of likely N-dealkylation sites (N-methyl/N-ethyl adjacent to an activating group) is 1. The summed E-state index contributed by atoms with van der Waals surface area (Å²) in [7, 11) is 1.73. The van der Waals surface area contributed by atoms with Gasteiger partial charge in [0, 0.05) is 23.7 Å². The minimum atomic E-state index is 0.462. The summed E-state index contributed by atoms with van der Waals surface area (Å²) in [5.74, 6) is 0.959. The van der Waals surface area contributed by atoms with Crippen LogP contribution in [0.25, 0.3) is 0 Å². The Hall–Kier alpha value is -0.580. The van der Waals surface area contributed by atoms with Gasteiger partial charge in [-0.2, -0.15) is 0 Å². The molecule has 0 aromatic heterocycles. The van der Waals surface area contributed by atoms with Gasteiger partial charge in [-0.3, -0.25) is 0 Å². The number of hydrogen-bond acceptors (Lipinski definition) is 3. The molecule has 1 aromatic carbocycles. The molecule has 0 saturated carbocycles. The molecule has 1 aromatic rings. The second-order valence-corrected chi connectivity index (χ2v) is 5.67. The third-order valence-electron chi connectivity index (χ3n) is 3.25. The average Bonchev–Trinajstić information content (AvgIpc) is 2.44. The number of methoxy groups -OCH3 is 1. The summed E-state index contributed by atoms with van der Waals surface area (Å²) < 4.78 is 12.0. The number of hydrogen-bond donors (Lipinski definition) is 1. The van der Waals surface area contributed by atoms with Crippen molar-refractivity contribution in [1.29, 1.82) is 0 Å². The summed E-state index contributed by atoms with van der Waals surface area (Å²) in [6, 6.07) is 6.64. The molecule has 3 nitrogen and oxygen atoms in total. The summed E-state index contributed by atoms with van der Waals surface area (Å²) in [4.78, 5) is 0. The molecule has 0 amide bonds. The van der Waals surface area contributed by atoms with Crippen molar-refractivity contribution in [3.8, 4) is 5.75 Å². The van der Waals surface area contributed by atoms with Gasteiger partial charge in [-0.05, 0) is 56.5 Å². The summed E-state index contributed by atoms with van der Waals surface area (Å²) in [5, 5.41) is 3.55. The van der Waals surface area contributed by atoms with Crippen molar-refractivity contribution in [2.75, 3.05) is 26.9 Å². The van der Waals surface area contributed by atoms with Crippen LogP contribution in [0.15, 0.2) is 22.7 Å². The summed E-state index contributed by atoms with van der Waals surface area (Å²) in [6.45, 7) is 6.80. The highest BCUT2D eigenvalue weighted by atomic mass is 79.9. The van der Waals surface area contributed by atoms with Crippen LogP contribution in [0.2, 0.25) is 0 Å². The monoisotopic (exact) mass is 343 g/mol. The molecule has 1 rings (SSSR count). The quantitative estimate of drug-likeness (QED) is 0.655. The normalized spacial score (nSPS) is 12.4. The predicted octanol–water partition coefficient (Wildman–Crippen LogP) is 3.80. The van der Waals surface area contributed by atoms with Gasteiger partial charge in [-0.1, -0.05) is 22.9 Å². The first kappa shape index (κ1) is 17.5. The highest BCUT2D eigenvalue weighted by molar-refractivity contribution is 9.10. The number of halogens is 1. The summed E-state index contributed by atoms with van der Waals surface area (Å²) >= 11 is 3.53. The van der Waals surface area contributed by atoms with Crippen LogP contribution in [-0.2, 0) is 11.2 Å². The molecule has 0 saturated heterocycles. The summed E-state index contributed by atoms with van der Waals surface area (Å²) in [5.41, 5.74) is 1.24. The van der Waals surface area contributed by atoms with Gasteiger partial charge in [-0.25, -0.2) is 0 Å². The van der Waals surface area contributed by atoms with E-state index in [9.17, 15) is 0 Å². The first-order chi connectivity index (χ1) is 9.71. The molecule has 20 heavy (non-hydrogen) atoms. The van der Waals surface area contributed by atoms with E-state index in [-0.39, 0.29) is 0 Å². The maximum Gasteiger partial charge on any atom is 0.122 e. The fourth-order valence-corrected chi connectivity index (χ4v) is 2.72. The topological polar surface area (TPSA) is 30.5 Å². The van der Waals surface area contributed by atoms with E-state index in [1.54, 1.807) is 7.11 Å². The zero-order valence-electron chi connectivity index (χ0n) is 12.7. The second kappa shape index (κ2) is 10.2. The van der Waals surface area contributed by atoms with Crippen LogP contribution in [0, 0.1) is 0 Å². The van der Waals surface area contributed by atoms with Crippen LogP contribution in [0.1, 0.15) is 32.3 Å². The maximum absolute atomic E-state index is 5.45. The molecule has 0 heterocycles. The Morgan fingerprint density at radius 2 is 2.10 bits per heavy atom. The number of ether oxygens (including phenoxy) is 2. The third-order valence-corrected chi connectivity index (χ3v) is 3.74. The van der Waals surface area contributed by atoms with Gasteiger partial charge < -0.3 is 14.8 Å². The first-order valence-electron chi connectivity index (χ1n) is 7.34. The van der Waals surface area contributed by atoms with E-state index >= 15 is 0 Å². The van der Waals surface area contributed by atoms with Crippen molar-refractivity contribution in [2.24, 2.45) is 0 Å². The lowest BCUT2D eigenvalue weighted by molar-refractivity contribution is 0.141. The molecule has 0 fully saturated rings. The molecule has 0 aliphatic heterocycles. The minimum absolute atomic E-state index is 0.462. The molecular weight excluding hydrogens is 318 g/mol. The predicted molar refractivity (Wildman–Crippen MR) is 87.6 cm³/mol. The molecule has 114 valence electrons. The van der Waals surface area contributed by atoms with Crippen LogP contribution >= 0.6 is 15.9 Å². The fraction of sp³-hybridized carbons (Fsp3) is 0.625. The third kappa shape index (κ3) is 6.25. The van der Waals surface area contributed by atoms with Crippen LogP contribution in [-0.4, -0.2) is 32.9 Å². The van der Waals surface area contributed by atoms with Crippen molar-refractivity contribution in [3.63, 3.8) is 0 Å². The Kier molecular flexibility index (Phi) is 8.90. The zero-order valence-corrected chi connectivity index (χ0v) is 14.3. The summed E-state index contributed by atoms with van der Waals surface area (Å²) in [6.07, 6.45) is 3.17. The van der Waals surface area contributed by atoms with Crippen LogP contribution < -0.4 is 10.1 Å². The lowest BCUT2D eigenvalue weighted by atomic mass is 10.0. The van der Waals surface area contributed by atoms with Crippen LogP contribution in [0.4, 0.5) is 0 Å². The lowest BCUT2D eigenvalue weighted by Crippen LogP contribution is -2.31. The Morgan fingerprint density at radius 3 is 2.75 bits per heavy atom. The molecule has 4 heteroatoms. The van der Waals surface area contributed by atoms with Crippen molar-refractivity contribution >= 4 is 15.9 Å². The highest BCUT2D eigenvalue weighted by Gasteiger charge is 2.12. The van der Waals surface area contributed by atoms with E-state index in [2.05, 4.69) is 34.2 Å². The van der Waals surface area contributed by atoms with E-state index in [1.165, 1.54) is 5.56 Å². The van der Waals surface area contributed by atoms with Gasteiger partial charge in [0.2, 0.25) is 0 Å². The first-order valence-corrected chi connectivity index (χ1v) is 8.14. The van der Waals surface area contributed by atoms with Crippen molar-refractivity contribution in [2.45, 2.75) is 39.2 Å². The SMILES string of the molecule is CCNC(CCCOCC)Cc1cc(Br)ccc1OC. The Labute approximate surface area is 131 Å². The molecule has 0 radical (unpaired) electrons. The molecule has 0 spiro atoms. The van der Waals surface area contributed by atoms with Gasteiger partial charge in [0.15, 0.2) is 0 Å². The molecule has 1 unspecified atom stereocenters. The van der Waals surface area contributed by atoms with Crippen LogP contribution in [0.5, 0.6) is 5.75 Å². The van der Waals surface area contributed by atoms with E-state index in [1.807, 2.05) is 19.1 Å². The smallest absolute Gasteiger partial charge is 0.122 e. The molecule has 1 N–H and O–H groups in total. The van der Waals surface area contributed by atoms with Gasteiger partial charge in [0.1, 0.15) is 5.75 Å². The van der Waals surface area contributed by atoms with Crippen molar-refractivity contribution < 1.29 is 9.47 Å². The van der Waals surface area contributed by atoms with Gasteiger partial charge in [-0.15, -0.1) is 0 Å². The maximum atomic E-state index is 5.45. The van der Waals surface area contributed by atoms with Gasteiger partial charge in [0.25, 0.3) is 0 Å². The Bertz CT molecular complexity index is 385. The van der Waals surface area contributed by atoms with Gasteiger partial charge >= 0.3 is 0 Å². The van der Waals surface area contributed by atoms with E-state index in [4.69, 9.17) is 9.47 Å². The van der Waals surface area contributed by atoms with Crippen LogP contribution in [0.3, 0.4) is 0 Å². The Morgan fingerprint density at radius 1 is 1.30 bits per heavy atom. The van der Waals surface area contributed by atoms with Crippen molar-refractivity contribution in [1.82, 2.24) is 5.32 Å². The number of benzene rings is 1. The second-order valence-electron chi connectivity index (χ2n) is 4.75. The fourth-order valence-electron chi connectivity index (χ4n) is 2.31. The standard InChI is InChI=1S/C16H26BrNO2/c1-4-18-15(7-6-10-20-5-2)12-13-11-14(17)8-9-16(13)19-3/h8-9,11,15,18H,4-7,10,12H2,1-3H3.